The van der Waals surface area contributed by atoms with E-state index in [0.29, 0.717) is 13.0 Å². The molecule has 0 amide bonds. The zero-order valence-corrected chi connectivity index (χ0v) is 13.2. The average Bonchev–Trinajstić information content (AvgIpc) is 2.46. The molecule has 118 valence electrons. The van der Waals surface area contributed by atoms with Gasteiger partial charge in [-0.1, -0.05) is 32.4 Å². The van der Waals surface area contributed by atoms with Crippen LogP contribution in [0.2, 0.25) is 0 Å². The van der Waals surface area contributed by atoms with Crippen LogP contribution >= 0.6 is 0 Å². The van der Waals surface area contributed by atoms with Gasteiger partial charge < -0.3 is 14.6 Å². The van der Waals surface area contributed by atoms with Crippen molar-refractivity contribution in [3.63, 3.8) is 0 Å². The number of hydrogen-bond donors (Lipinski definition) is 1. The largest absolute Gasteiger partial charge is 0.508 e. The molecular formula is C17H26O4. The number of phenols is 1. The van der Waals surface area contributed by atoms with E-state index < -0.39 is 6.10 Å². The second kappa shape index (κ2) is 9.40. The predicted molar refractivity (Wildman–Crippen MR) is 82.3 cm³/mol. The highest BCUT2D eigenvalue weighted by Gasteiger charge is 2.23. The number of hydrogen-bond acceptors (Lipinski definition) is 4. The summed E-state index contributed by atoms with van der Waals surface area (Å²) < 4.78 is 11.0. The number of phenolic OH excluding ortho intramolecular Hbond substituents is 1. The number of aromatic hydroxyl groups is 1. The molecule has 0 aliphatic heterocycles. The van der Waals surface area contributed by atoms with Gasteiger partial charge in [-0.15, -0.1) is 0 Å². The average molecular weight is 294 g/mol. The third-order valence-electron chi connectivity index (χ3n) is 3.30. The molecule has 0 fully saturated rings. The number of carbonyl (C=O) groups is 1. The van der Waals surface area contributed by atoms with Crippen molar-refractivity contribution in [2.24, 2.45) is 0 Å². The number of rotatable bonds is 9. The number of esters is 1. The van der Waals surface area contributed by atoms with Crippen LogP contribution < -0.4 is 0 Å². The summed E-state index contributed by atoms with van der Waals surface area (Å²) in [5.74, 6) is -0.140. The minimum atomic E-state index is -0.618. The van der Waals surface area contributed by atoms with Gasteiger partial charge in [0.25, 0.3) is 0 Å². The van der Waals surface area contributed by atoms with Crippen LogP contribution in [0.15, 0.2) is 24.3 Å². The highest BCUT2D eigenvalue weighted by molar-refractivity contribution is 5.75. The molecule has 0 saturated carbocycles. The molecule has 4 heteroatoms. The first-order valence-corrected chi connectivity index (χ1v) is 7.66. The Bertz CT molecular complexity index is 431. The summed E-state index contributed by atoms with van der Waals surface area (Å²) in [6, 6.07) is 6.88. The van der Waals surface area contributed by atoms with Gasteiger partial charge in [-0.05, 0) is 37.5 Å². The molecule has 1 rings (SSSR count). The highest BCUT2D eigenvalue weighted by Crippen LogP contribution is 2.15. The van der Waals surface area contributed by atoms with E-state index in [1.807, 2.05) is 19.9 Å². The summed E-state index contributed by atoms with van der Waals surface area (Å²) >= 11 is 0. The molecule has 21 heavy (non-hydrogen) atoms. The van der Waals surface area contributed by atoms with Crippen molar-refractivity contribution in [2.45, 2.75) is 58.7 Å². The lowest BCUT2D eigenvalue weighted by atomic mass is 10.1. The molecule has 0 radical (unpaired) electrons. The third kappa shape index (κ3) is 6.63. The van der Waals surface area contributed by atoms with Crippen molar-refractivity contribution in [2.75, 3.05) is 6.61 Å². The second-order valence-corrected chi connectivity index (χ2v) is 5.24. The first kappa shape index (κ1) is 17.5. The lowest BCUT2D eigenvalue weighted by Gasteiger charge is -2.19. The summed E-state index contributed by atoms with van der Waals surface area (Å²) in [6.07, 6.45) is 2.38. The molecule has 4 nitrogen and oxygen atoms in total. The third-order valence-corrected chi connectivity index (χ3v) is 3.30. The number of ether oxygens (including phenoxy) is 2. The van der Waals surface area contributed by atoms with Crippen LogP contribution in [0.3, 0.4) is 0 Å². The van der Waals surface area contributed by atoms with Gasteiger partial charge in [-0.3, -0.25) is 0 Å². The molecule has 0 aliphatic rings. The predicted octanol–water partition coefficient (Wildman–Crippen LogP) is 3.46. The fraction of sp³-hybridized carbons (Fsp3) is 0.588. The standard InChI is InChI=1S/C17H26O4/c1-4-6-10-20-16(17(19)21-13(3)5-2)12-14-8-7-9-15(18)11-14/h7-9,11,13,16,18H,4-6,10,12H2,1-3H3. The minimum absolute atomic E-state index is 0.112. The van der Waals surface area contributed by atoms with Crippen molar-refractivity contribution < 1.29 is 19.4 Å². The minimum Gasteiger partial charge on any atom is -0.508 e. The van der Waals surface area contributed by atoms with Crippen molar-refractivity contribution >= 4 is 5.97 Å². The van der Waals surface area contributed by atoms with Crippen LogP contribution in [0, 0.1) is 0 Å². The van der Waals surface area contributed by atoms with Crippen LogP contribution in [0.4, 0.5) is 0 Å². The molecule has 0 aliphatic carbocycles. The molecule has 1 N–H and O–H groups in total. The van der Waals surface area contributed by atoms with Crippen molar-refractivity contribution in [1.82, 2.24) is 0 Å². The monoisotopic (exact) mass is 294 g/mol. The van der Waals surface area contributed by atoms with Crippen LogP contribution in [0.25, 0.3) is 0 Å². The van der Waals surface area contributed by atoms with E-state index in [0.717, 1.165) is 24.8 Å². The Morgan fingerprint density at radius 2 is 2.10 bits per heavy atom. The maximum absolute atomic E-state index is 12.2. The smallest absolute Gasteiger partial charge is 0.335 e. The van der Waals surface area contributed by atoms with Gasteiger partial charge in [0, 0.05) is 13.0 Å². The Balaban J connectivity index is 2.69. The van der Waals surface area contributed by atoms with E-state index in [2.05, 4.69) is 6.92 Å². The summed E-state index contributed by atoms with van der Waals surface area (Å²) in [5.41, 5.74) is 0.859. The van der Waals surface area contributed by atoms with E-state index in [1.54, 1.807) is 18.2 Å². The lowest BCUT2D eigenvalue weighted by Crippen LogP contribution is -2.31. The first-order chi connectivity index (χ1) is 10.1. The van der Waals surface area contributed by atoms with E-state index in [-0.39, 0.29) is 17.8 Å². The topological polar surface area (TPSA) is 55.8 Å². The highest BCUT2D eigenvalue weighted by atomic mass is 16.6. The Morgan fingerprint density at radius 1 is 1.33 bits per heavy atom. The number of unbranched alkanes of at least 4 members (excludes halogenated alkanes) is 1. The van der Waals surface area contributed by atoms with E-state index in [9.17, 15) is 9.90 Å². The maximum Gasteiger partial charge on any atom is 0.335 e. The SMILES string of the molecule is CCCCOC(Cc1cccc(O)c1)C(=O)OC(C)CC. The van der Waals surface area contributed by atoms with Crippen LogP contribution in [-0.4, -0.2) is 29.9 Å². The van der Waals surface area contributed by atoms with Gasteiger partial charge in [0.2, 0.25) is 0 Å². The Hall–Kier alpha value is -1.55. The summed E-state index contributed by atoms with van der Waals surface area (Å²) in [4.78, 5) is 12.2. The van der Waals surface area contributed by atoms with Gasteiger partial charge in [0.05, 0.1) is 6.10 Å². The first-order valence-electron chi connectivity index (χ1n) is 7.66. The van der Waals surface area contributed by atoms with Gasteiger partial charge in [-0.25, -0.2) is 4.79 Å². The van der Waals surface area contributed by atoms with Gasteiger partial charge in [-0.2, -0.15) is 0 Å². The normalized spacial score (nSPS) is 13.7. The quantitative estimate of drug-likeness (QED) is 0.560. The molecule has 2 unspecified atom stereocenters. The molecule has 1 aromatic rings. The van der Waals surface area contributed by atoms with Crippen molar-refractivity contribution in [3.05, 3.63) is 29.8 Å². The molecule has 0 saturated heterocycles. The van der Waals surface area contributed by atoms with Gasteiger partial charge in [0.1, 0.15) is 5.75 Å². The van der Waals surface area contributed by atoms with E-state index in [4.69, 9.17) is 9.47 Å². The zero-order valence-electron chi connectivity index (χ0n) is 13.2. The molecule has 0 heterocycles. The van der Waals surface area contributed by atoms with Gasteiger partial charge in [0.15, 0.2) is 6.10 Å². The molecular weight excluding hydrogens is 268 g/mol. The van der Waals surface area contributed by atoms with Crippen LogP contribution in [0.5, 0.6) is 5.75 Å². The van der Waals surface area contributed by atoms with Crippen LogP contribution in [-0.2, 0) is 20.7 Å². The summed E-state index contributed by atoms with van der Waals surface area (Å²) in [5, 5.41) is 9.51. The fourth-order valence-electron chi connectivity index (χ4n) is 1.84. The maximum atomic E-state index is 12.2. The molecule has 0 bridgehead atoms. The Kier molecular flexibility index (Phi) is 7.83. The number of benzene rings is 1. The van der Waals surface area contributed by atoms with Crippen molar-refractivity contribution in [3.8, 4) is 5.75 Å². The molecule has 1 aromatic carbocycles. The van der Waals surface area contributed by atoms with E-state index in [1.165, 1.54) is 0 Å². The summed E-state index contributed by atoms with van der Waals surface area (Å²) in [6.45, 7) is 6.45. The Morgan fingerprint density at radius 3 is 2.71 bits per heavy atom. The van der Waals surface area contributed by atoms with Crippen LogP contribution in [0.1, 0.15) is 45.6 Å². The van der Waals surface area contributed by atoms with Gasteiger partial charge >= 0.3 is 5.97 Å². The zero-order chi connectivity index (χ0) is 15.7. The number of carbonyl (C=O) groups excluding carboxylic acids is 1. The lowest BCUT2D eigenvalue weighted by molar-refractivity contribution is -0.162. The Labute approximate surface area is 127 Å². The molecule has 2 atom stereocenters. The fourth-order valence-corrected chi connectivity index (χ4v) is 1.84. The second-order valence-electron chi connectivity index (χ2n) is 5.24. The summed E-state index contributed by atoms with van der Waals surface area (Å²) in [7, 11) is 0. The molecule has 0 spiro atoms. The molecule has 0 aromatic heterocycles. The van der Waals surface area contributed by atoms with Crippen molar-refractivity contribution in [1.29, 1.82) is 0 Å². The van der Waals surface area contributed by atoms with E-state index >= 15 is 0 Å².